The van der Waals surface area contributed by atoms with E-state index in [0.717, 1.165) is 0 Å². The molecule has 0 spiro atoms. The van der Waals surface area contributed by atoms with E-state index in [2.05, 4.69) is 10.3 Å². The number of hydrogen-bond donors (Lipinski definition) is 2. The Morgan fingerprint density at radius 2 is 2.50 bits per heavy atom. The Bertz CT molecular complexity index is 405. The topological polar surface area (TPSA) is 77.2 Å². The molecule has 5 nitrogen and oxygen atoms in total. The summed E-state index contributed by atoms with van der Waals surface area (Å²) in [5.74, 6) is 0.0106. The van der Waals surface area contributed by atoms with E-state index < -0.39 is 5.54 Å². The van der Waals surface area contributed by atoms with Crippen molar-refractivity contribution in [2.45, 2.75) is 12.0 Å². The molecule has 1 aromatic rings. The summed E-state index contributed by atoms with van der Waals surface area (Å²) in [5.41, 5.74) is 4.92. The van der Waals surface area contributed by atoms with Crippen LogP contribution in [-0.4, -0.2) is 29.6 Å². The normalized spacial score (nSPS) is 24.4. The van der Waals surface area contributed by atoms with E-state index in [0.29, 0.717) is 23.9 Å². The van der Waals surface area contributed by atoms with Gasteiger partial charge in [-0.3, -0.25) is 4.79 Å². The lowest BCUT2D eigenvalue weighted by Crippen LogP contribution is -2.51. The van der Waals surface area contributed by atoms with Crippen LogP contribution in [0.5, 0.6) is 0 Å². The number of anilines is 1. The Labute approximate surface area is 97.9 Å². The minimum absolute atomic E-state index is 0.225. The molecule has 2 heterocycles. The lowest BCUT2D eigenvalue weighted by atomic mass is 9.99. The standard InChI is InChI=1S/C10H12ClN3O2/c11-7-2-1-4-13-8(7)14-9(15)10(12)3-5-16-6-10/h1-2,4H,3,5-6,12H2,(H,13,14,15). The fourth-order valence-electron chi connectivity index (χ4n) is 1.47. The maximum Gasteiger partial charge on any atom is 0.248 e. The van der Waals surface area contributed by atoms with Crippen LogP contribution in [0.2, 0.25) is 5.02 Å². The van der Waals surface area contributed by atoms with Gasteiger partial charge in [0.05, 0.1) is 11.6 Å². The van der Waals surface area contributed by atoms with E-state index in [-0.39, 0.29) is 12.5 Å². The first-order valence-electron chi connectivity index (χ1n) is 4.90. The summed E-state index contributed by atoms with van der Waals surface area (Å²) >= 11 is 5.87. The van der Waals surface area contributed by atoms with Crippen LogP contribution in [-0.2, 0) is 9.53 Å². The van der Waals surface area contributed by atoms with Gasteiger partial charge in [0, 0.05) is 12.8 Å². The summed E-state index contributed by atoms with van der Waals surface area (Å²) in [6, 6.07) is 3.34. The summed E-state index contributed by atoms with van der Waals surface area (Å²) in [6.45, 7) is 0.725. The highest BCUT2D eigenvalue weighted by Crippen LogP contribution is 2.21. The van der Waals surface area contributed by atoms with E-state index in [9.17, 15) is 4.79 Å². The minimum atomic E-state index is -0.971. The summed E-state index contributed by atoms with van der Waals surface area (Å²) < 4.78 is 5.11. The molecule has 1 aromatic heterocycles. The molecule has 0 aliphatic carbocycles. The van der Waals surface area contributed by atoms with Gasteiger partial charge in [-0.05, 0) is 18.6 Å². The van der Waals surface area contributed by atoms with Crippen LogP contribution >= 0.6 is 11.6 Å². The van der Waals surface area contributed by atoms with Crippen molar-refractivity contribution in [2.75, 3.05) is 18.5 Å². The number of aromatic nitrogens is 1. The van der Waals surface area contributed by atoms with Gasteiger partial charge in [0.1, 0.15) is 5.54 Å². The van der Waals surface area contributed by atoms with Crippen molar-refractivity contribution in [1.82, 2.24) is 4.98 Å². The monoisotopic (exact) mass is 241 g/mol. The predicted octanol–water partition coefficient (Wildman–Crippen LogP) is 0.791. The number of ether oxygens (including phenoxy) is 1. The number of hydrogen-bond acceptors (Lipinski definition) is 4. The number of nitrogens with one attached hydrogen (secondary N) is 1. The fourth-order valence-corrected chi connectivity index (χ4v) is 1.64. The van der Waals surface area contributed by atoms with Crippen LogP contribution in [0.25, 0.3) is 0 Å². The van der Waals surface area contributed by atoms with Crippen LogP contribution in [0.3, 0.4) is 0 Å². The second-order valence-electron chi connectivity index (χ2n) is 3.75. The molecule has 1 aliphatic rings. The highest BCUT2D eigenvalue weighted by molar-refractivity contribution is 6.33. The average molecular weight is 242 g/mol. The molecule has 0 radical (unpaired) electrons. The highest BCUT2D eigenvalue weighted by atomic mass is 35.5. The number of rotatable bonds is 2. The van der Waals surface area contributed by atoms with Gasteiger partial charge >= 0.3 is 0 Å². The summed E-state index contributed by atoms with van der Waals surface area (Å²) in [5, 5.41) is 2.99. The van der Waals surface area contributed by atoms with Gasteiger partial charge in [-0.25, -0.2) is 4.98 Å². The number of amides is 1. The van der Waals surface area contributed by atoms with E-state index in [1.165, 1.54) is 0 Å². The Hall–Kier alpha value is -1.17. The van der Waals surface area contributed by atoms with Crippen LogP contribution in [0, 0.1) is 0 Å². The zero-order valence-corrected chi connectivity index (χ0v) is 9.33. The fraction of sp³-hybridized carbons (Fsp3) is 0.400. The molecule has 16 heavy (non-hydrogen) atoms. The van der Waals surface area contributed by atoms with Gasteiger partial charge < -0.3 is 15.8 Å². The Kier molecular flexibility index (Phi) is 3.09. The number of halogens is 1. The highest BCUT2D eigenvalue weighted by Gasteiger charge is 2.38. The molecule has 1 aliphatic heterocycles. The number of carbonyl (C=O) groups excluding carboxylic acids is 1. The molecule has 1 atom stereocenters. The van der Waals surface area contributed by atoms with Crippen LogP contribution in [0.15, 0.2) is 18.3 Å². The molecular formula is C10H12ClN3O2. The molecule has 0 aromatic carbocycles. The third-order valence-electron chi connectivity index (χ3n) is 2.49. The number of nitrogens with two attached hydrogens (primary N) is 1. The van der Waals surface area contributed by atoms with Gasteiger partial charge in [0.2, 0.25) is 5.91 Å². The second kappa shape index (κ2) is 4.37. The lowest BCUT2D eigenvalue weighted by Gasteiger charge is -2.20. The molecule has 0 saturated carbocycles. The number of pyridine rings is 1. The van der Waals surface area contributed by atoms with Gasteiger partial charge in [-0.2, -0.15) is 0 Å². The van der Waals surface area contributed by atoms with Crippen molar-refractivity contribution < 1.29 is 9.53 Å². The van der Waals surface area contributed by atoms with E-state index in [4.69, 9.17) is 22.1 Å². The Morgan fingerprint density at radius 3 is 3.12 bits per heavy atom. The first-order valence-corrected chi connectivity index (χ1v) is 5.28. The molecule has 86 valence electrons. The van der Waals surface area contributed by atoms with Gasteiger partial charge in [0.15, 0.2) is 5.82 Å². The van der Waals surface area contributed by atoms with Gasteiger partial charge in [-0.1, -0.05) is 11.6 Å². The van der Waals surface area contributed by atoms with Gasteiger partial charge in [-0.15, -0.1) is 0 Å². The van der Waals surface area contributed by atoms with E-state index in [1.807, 2.05) is 0 Å². The average Bonchev–Trinajstić information content (AvgIpc) is 2.70. The Balaban J connectivity index is 2.10. The molecule has 1 fully saturated rings. The van der Waals surface area contributed by atoms with Crippen LogP contribution in [0.1, 0.15) is 6.42 Å². The zero-order chi connectivity index (χ0) is 11.6. The summed E-state index contributed by atoms with van der Waals surface area (Å²) in [7, 11) is 0. The van der Waals surface area contributed by atoms with Crippen LogP contribution < -0.4 is 11.1 Å². The number of carbonyl (C=O) groups is 1. The third-order valence-corrected chi connectivity index (χ3v) is 2.80. The maximum atomic E-state index is 11.9. The van der Waals surface area contributed by atoms with Crippen molar-refractivity contribution in [1.29, 1.82) is 0 Å². The predicted molar refractivity (Wildman–Crippen MR) is 60.2 cm³/mol. The molecule has 6 heteroatoms. The Morgan fingerprint density at radius 1 is 1.69 bits per heavy atom. The third kappa shape index (κ3) is 2.16. The van der Waals surface area contributed by atoms with E-state index >= 15 is 0 Å². The largest absolute Gasteiger partial charge is 0.379 e. The first-order chi connectivity index (χ1) is 7.62. The first kappa shape index (κ1) is 11.3. The smallest absolute Gasteiger partial charge is 0.248 e. The van der Waals surface area contributed by atoms with Crippen molar-refractivity contribution in [3.63, 3.8) is 0 Å². The van der Waals surface area contributed by atoms with Crippen molar-refractivity contribution >= 4 is 23.3 Å². The quantitative estimate of drug-likeness (QED) is 0.803. The molecular weight excluding hydrogens is 230 g/mol. The zero-order valence-electron chi connectivity index (χ0n) is 8.57. The van der Waals surface area contributed by atoms with E-state index in [1.54, 1.807) is 18.3 Å². The number of nitrogens with zero attached hydrogens (tertiary/aromatic N) is 1. The molecule has 2 rings (SSSR count). The SMILES string of the molecule is NC1(C(=O)Nc2ncccc2Cl)CCOC1. The maximum absolute atomic E-state index is 11.9. The summed E-state index contributed by atoms with van der Waals surface area (Å²) in [4.78, 5) is 15.8. The molecule has 1 amide bonds. The van der Waals surface area contributed by atoms with Crippen LogP contribution in [0.4, 0.5) is 5.82 Å². The molecule has 0 bridgehead atoms. The minimum Gasteiger partial charge on any atom is -0.379 e. The van der Waals surface area contributed by atoms with Crippen molar-refractivity contribution in [3.05, 3.63) is 23.4 Å². The molecule has 1 saturated heterocycles. The molecule has 3 N–H and O–H groups in total. The summed E-state index contributed by atoms with van der Waals surface area (Å²) in [6.07, 6.45) is 2.05. The van der Waals surface area contributed by atoms with Crippen molar-refractivity contribution in [2.24, 2.45) is 5.73 Å². The lowest BCUT2D eigenvalue weighted by molar-refractivity contribution is -0.121. The van der Waals surface area contributed by atoms with Crippen molar-refractivity contribution in [3.8, 4) is 0 Å². The molecule has 1 unspecified atom stereocenters. The van der Waals surface area contributed by atoms with Gasteiger partial charge in [0.25, 0.3) is 0 Å². The second-order valence-corrected chi connectivity index (χ2v) is 4.15.